The Morgan fingerprint density at radius 3 is 2.41 bits per heavy atom. The molecule has 0 bridgehead atoms. The molecule has 2 aromatic carbocycles. The van der Waals surface area contributed by atoms with Gasteiger partial charge in [0.25, 0.3) is 5.91 Å². The second kappa shape index (κ2) is 7.78. The van der Waals surface area contributed by atoms with Crippen molar-refractivity contribution in [2.75, 3.05) is 14.2 Å². The van der Waals surface area contributed by atoms with Gasteiger partial charge in [0.05, 0.1) is 0 Å². The molecule has 0 aliphatic heterocycles. The van der Waals surface area contributed by atoms with Crippen molar-refractivity contribution in [2.24, 2.45) is 5.16 Å². The molecule has 1 N–H and O–H groups in total. The van der Waals surface area contributed by atoms with Crippen LogP contribution in [0.4, 0.5) is 0 Å². The van der Waals surface area contributed by atoms with Gasteiger partial charge in [-0.3, -0.25) is 4.79 Å². The molecule has 0 unspecified atom stereocenters. The molecule has 2 rings (SSSR count). The molecule has 0 aromatic heterocycles. The van der Waals surface area contributed by atoms with Crippen LogP contribution < -0.4 is 5.32 Å². The lowest BCUT2D eigenvalue weighted by Crippen LogP contribution is -2.29. The van der Waals surface area contributed by atoms with E-state index in [0.717, 1.165) is 16.7 Å². The van der Waals surface area contributed by atoms with E-state index < -0.39 is 0 Å². The maximum Gasteiger partial charge on any atom is 0.273 e. The Bertz CT molecular complexity index is 691. The van der Waals surface area contributed by atoms with E-state index >= 15 is 0 Å². The van der Waals surface area contributed by atoms with Crippen molar-refractivity contribution in [1.82, 2.24) is 5.32 Å². The van der Waals surface area contributed by atoms with Crippen LogP contribution in [-0.2, 0) is 9.63 Å². The highest BCUT2D eigenvalue weighted by atomic mass is 16.6. The molecule has 0 saturated heterocycles. The summed E-state index contributed by atoms with van der Waals surface area (Å²) in [4.78, 5) is 16.8. The van der Waals surface area contributed by atoms with Crippen LogP contribution in [0.3, 0.4) is 0 Å². The van der Waals surface area contributed by atoms with Crippen LogP contribution in [-0.4, -0.2) is 25.8 Å². The van der Waals surface area contributed by atoms with E-state index in [9.17, 15) is 4.79 Å². The molecule has 112 valence electrons. The van der Waals surface area contributed by atoms with Crippen LogP contribution in [0.1, 0.15) is 16.7 Å². The summed E-state index contributed by atoms with van der Waals surface area (Å²) < 4.78 is 0. The number of likely N-dealkylation sites (N-methyl/N-ethyl adjacent to an activating group) is 1. The predicted molar refractivity (Wildman–Crippen MR) is 89.4 cm³/mol. The van der Waals surface area contributed by atoms with Gasteiger partial charge < -0.3 is 10.2 Å². The number of amides is 1. The Labute approximate surface area is 130 Å². The summed E-state index contributed by atoms with van der Waals surface area (Å²) in [6, 6.07) is 17.5. The number of oxime groups is 1. The second-order valence-corrected chi connectivity index (χ2v) is 4.53. The third-order valence-electron chi connectivity index (χ3n) is 3.10. The zero-order valence-corrected chi connectivity index (χ0v) is 12.6. The first-order chi connectivity index (χ1) is 10.8. The van der Waals surface area contributed by atoms with E-state index in [0.29, 0.717) is 0 Å². The second-order valence-electron chi connectivity index (χ2n) is 4.53. The fraction of sp³-hybridized carbons (Fsp3) is 0.111. The summed E-state index contributed by atoms with van der Waals surface area (Å²) >= 11 is 0. The number of hydrogen-bond donors (Lipinski definition) is 1. The first-order valence-corrected chi connectivity index (χ1v) is 6.92. The Morgan fingerprint density at radius 2 is 1.73 bits per heavy atom. The van der Waals surface area contributed by atoms with E-state index in [1.54, 1.807) is 7.05 Å². The Hall–Kier alpha value is -2.88. The lowest BCUT2D eigenvalue weighted by Gasteiger charge is -2.08. The number of nitrogens with one attached hydrogen (secondary N) is 1. The molecule has 0 radical (unpaired) electrons. The predicted octanol–water partition coefficient (Wildman–Crippen LogP) is 2.95. The van der Waals surface area contributed by atoms with Crippen molar-refractivity contribution in [1.29, 1.82) is 0 Å². The summed E-state index contributed by atoms with van der Waals surface area (Å²) in [5.41, 5.74) is 2.95. The third kappa shape index (κ3) is 3.82. The fourth-order valence-electron chi connectivity index (χ4n) is 2.03. The van der Waals surface area contributed by atoms with Gasteiger partial charge in [-0.15, -0.1) is 0 Å². The van der Waals surface area contributed by atoms with Crippen molar-refractivity contribution in [3.8, 4) is 0 Å². The van der Waals surface area contributed by atoms with E-state index in [-0.39, 0.29) is 11.6 Å². The van der Waals surface area contributed by atoms with Crippen LogP contribution in [0.15, 0.2) is 59.8 Å². The van der Waals surface area contributed by atoms with Crippen LogP contribution in [0.2, 0.25) is 0 Å². The average molecular weight is 294 g/mol. The van der Waals surface area contributed by atoms with Crippen LogP contribution in [0.25, 0.3) is 12.2 Å². The Kier molecular flexibility index (Phi) is 5.49. The summed E-state index contributed by atoms with van der Waals surface area (Å²) in [7, 11) is 2.99. The van der Waals surface area contributed by atoms with Gasteiger partial charge in [0.15, 0.2) is 5.71 Å². The summed E-state index contributed by atoms with van der Waals surface area (Å²) in [6.07, 6.45) is 3.95. The number of nitrogens with zero attached hydrogens (tertiary/aromatic N) is 1. The van der Waals surface area contributed by atoms with Crippen LogP contribution >= 0.6 is 0 Å². The minimum Gasteiger partial charge on any atom is -0.398 e. The molecule has 0 saturated carbocycles. The fourth-order valence-corrected chi connectivity index (χ4v) is 2.03. The van der Waals surface area contributed by atoms with E-state index in [2.05, 4.69) is 10.5 Å². The highest BCUT2D eigenvalue weighted by Crippen LogP contribution is 2.15. The lowest BCUT2D eigenvalue weighted by atomic mass is 10.0. The van der Waals surface area contributed by atoms with E-state index in [1.165, 1.54) is 7.11 Å². The van der Waals surface area contributed by atoms with Gasteiger partial charge in [0.1, 0.15) is 7.11 Å². The van der Waals surface area contributed by atoms with Gasteiger partial charge >= 0.3 is 0 Å². The SMILES string of the molecule is CNC(=O)/C(=N/OC)c1ccccc1/C=C/c1ccccc1. The number of carbonyl (C=O) groups is 1. The molecule has 1 amide bonds. The quantitative estimate of drug-likeness (QED) is 0.523. The largest absolute Gasteiger partial charge is 0.398 e. The highest BCUT2D eigenvalue weighted by molar-refractivity contribution is 6.45. The number of benzene rings is 2. The third-order valence-corrected chi connectivity index (χ3v) is 3.10. The van der Waals surface area contributed by atoms with Crippen molar-refractivity contribution < 1.29 is 9.63 Å². The minimum absolute atomic E-state index is 0.248. The van der Waals surface area contributed by atoms with E-state index in [1.807, 2.05) is 66.7 Å². The highest BCUT2D eigenvalue weighted by Gasteiger charge is 2.15. The smallest absolute Gasteiger partial charge is 0.273 e. The number of carbonyl (C=O) groups excluding carboxylic acids is 1. The normalized spacial score (nSPS) is 11.5. The van der Waals surface area contributed by atoms with Crippen molar-refractivity contribution in [3.05, 3.63) is 71.3 Å². The Morgan fingerprint density at radius 1 is 1.05 bits per heavy atom. The van der Waals surface area contributed by atoms with Gasteiger partial charge in [-0.2, -0.15) is 0 Å². The Balaban J connectivity index is 2.40. The van der Waals surface area contributed by atoms with Crippen molar-refractivity contribution in [3.63, 3.8) is 0 Å². The van der Waals surface area contributed by atoms with Crippen LogP contribution in [0.5, 0.6) is 0 Å². The monoisotopic (exact) mass is 294 g/mol. The summed E-state index contributed by atoms with van der Waals surface area (Å²) in [6.45, 7) is 0. The van der Waals surface area contributed by atoms with Gasteiger partial charge in [0.2, 0.25) is 0 Å². The molecule has 0 aliphatic rings. The molecule has 2 aromatic rings. The van der Waals surface area contributed by atoms with E-state index in [4.69, 9.17) is 4.84 Å². The van der Waals surface area contributed by atoms with Gasteiger partial charge in [0, 0.05) is 12.6 Å². The molecule has 4 nitrogen and oxygen atoms in total. The standard InChI is InChI=1S/C18H18N2O2/c1-19-18(21)17(20-22-2)16-11-7-6-10-15(16)13-12-14-8-4-3-5-9-14/h3-13H,1-2H3,(H,19,21)/b13-12+,20-17+. The van der Waals surface area contributed by atoms with Crippen LogP contribution in [0, 0.1) is 0 Å². The van der Waals surface area contributed by atoms with Crippen molar-refractivity contribution in [2.45, 2.75) is 0 Å². The molecule has 0 aliphatic carbocycles. The first kappa shape index (κ1) is 15.5. The molecule has 22 heavy (non-hydrogen) atoms. The van der Waals surface area contributed by atoms with Crippen molar-refractivity contribution >= 4 is 23.8 Å². The molecular formula is C18H18N2O2. The average Bonchev–Trinajstić information content (AvgIpc) is 2.58. The number of rotatable bonds is 5. The van der Waals surface area contributed by atoms with Gasteiger partial charge in [-0.1, -0.05) is 71.9 Å². The maximum absolute atomic E-state index is 12.0. The molecule has 0 spiro atoms. The zero-order valence-electron chi connectivity index (χ0n) is 12.6. The maximum atomic E-state index is 12.0. The summed E-state index contributed by atoms with van der Waals surface area (Å²) in [5, 5.41) is 6.43. The van der Waals surface area contributed by atoms with Gasteiger partial charge in [-0.25, -0.2) is 0 Å². The topological polar surface area (TPSA) is 50.7 Å². The lowest BCUT2D eigenvalue weighted by molar-refractivity contribution is -0.114. The first-order valence-electron chi connectivity index (χ1n) is 6.92. The minimum atomic E-state index is -0.289. The molecular weight excluding hydrogens is 276 g/mol. The number of hydrogen-bond acceptors (Lipinski definition) is 3. The molecule has 0 atom stereocenters. The van der Waals surface area contributed by atoms with Gasteiger partial charge in [-0.05, 0) is 11.1 Å². The summed E-state index contributed by atoms with van der Waals surface area (Å²) in [5.74, 6) is -0.289. The molecule has 0 heterocycles. The molecule has 4 heteroatoms. The zero-order chi connectivity index (χ0) is 15.8. The molecule has 0 fully saturated rings.